The number of ether oxygens (including phenoxy) is 1. The van der Waals surface area contributed by atoms with Gasteiger partial charge in [0.25, 0.3) is 11.6 Å². The van der Waals surface area contributed by atoms with Gasteiger partial charge in [-0.25, -0.2) is 0 Å². The molecule has 1 amide bonds. The first-order valence-corrected chi connectivity index (χ1v) is 9.04. The normalized spacial score (nSPS) is 14.4. The van der Waals surface area contributed by atoms with Crippen molar-refractivity contribution in [3.8, 4) is 5.75 Å². The number of benzene rings is 2. The molecule has 0 spiro atoms. The summed E-state index contributed by atoms with van der Waals surface area (Å²) in [7, 11) is 0. The van der Waals surface area contributed by atoms with Gasteiger partial charge in [0.1, 0.15) is 0 Å². The SMILES string of the molecule is O=C(COc1ccccc1[N+](=O)[O-])N1CCN(Cc2cccc([N+](=O)[O-])c2)CC1. The standard InChI is InChI=1S/C19H20N4O6/c24-19(14-29-18-7-2-1-6-17(18)23(27)28)21-10-8-20(9-11-21)13-15-4-3-5-16(12-15)22(25)26/h1-7,12H,8-11,13-14H2. The molecule has 0 radical (unpaired) electrons. The number of carbonyl (C=O) groups is 1. The molecule has 0 N–H and O–H groups in total. The second-order valence-electron chi connectivity index (χ2n) is 6.60. The fraction of sp³-hybridized carbons (Fsp3) is 0.316. The Labute approximate surface area is 166 Å². The first kappa shape index (κ1) is 20.2. The van der Waals surface area contributed by atoms with E-state index in [0.717, 1.165) is 5.56 Å². The molecule has 0 atom stereocenters. The highest BCUT2D eigenvalue weighted by molar-refractivity contribution is 5.78. The number of rotatable bonds is 7. The Kier molecular flexibility index (Phi) is 6.35. The van der Waals surface area contributed by atoms with E-state index < -0.39 is 9.85 Å². The van der Waals surface area contributed by atoms with E-state index in [9.17, 15) is 25.0 Å². The van der Waals surface area contributed by atoms with Gasteiger partial charge >= 0.3 is 5.69 Å². The predicted molar refractivity (Wildman–Crippen MR) is 104 cm³/mol. The van der Waals surface area contributed by atoms with Crippen molar-refractivity contribution >= 4 is 17.3 Å². The van der Waals surface area contributed by atoms with Crippen LogP contribution in [0, 0.1) is 20.2 Å². The van der Waals surface area contributed by atoms with Crippen molar-refractivity contribution in [3.05, 3.63) is 74.3 Å². The zero-order valence-corrected chi connectivity index (χ0v) is 15.6. The third-order valence-corrected chi connectivity index (χ3v) is 4.67. The fourth-order valence-corrected chi connectivity index (χ4v) is 3.14. The highest BCUT2D eigenvalue weighted by atomic mass is 16.6. The van der Waals surface area contributed by atoms with E-state index in [1.807, 2.05) is 6.07 Å². The molecule has 10 heteroatoms. The summed E-state index contributed by atoms with van der Waals surface area (Å²) in [5, 5.41) is 21.9. The molecule has 10 nitrogen and oxygen atoms in total. The van der Waals surface area contributed by atoms with Crippen LogP contribution in [0.3, 0.4) is 0 Å². The zero-order chi connectivity index (χ0) is 20.8. The van der Waals surface area contributed by atoms with Gasteiger partial charge in [-0.1, -0.05) is 24.3 Å². The Morgan fingerprint density at radius 2 is 1.69 bits per heavy atom. The molecular weight excluding hydrogens is 380 g/mol. The quantitative estimate of drug-likeness (QED) is 0.516. The van der Waals surface area contributed by atoms with E-state index in [1.165, 1.54) is 24.3 Å². The van der Waals surface area contributed by atoms with Gasteiger partial charge < -0.3 is 9.64 Å². The maximum Gasteiger partial charge on any atom is 0.310 e. The van der Waals surface area contributed by atoms with Gasteiger partial charge in [-0.2, -0.15) is 0 Å². The number of non-ortho nitro benzene ring substituents is 1. The van der Waals surface area contributed by atoms with Gasteiger partial charge in [0.05, 0.1) is 9.85 Å². The van der Waals surface area contributed by atoms with Crippen LogP contribution in [-0.4, -0.2) is 58.3 Å². The maximum absolute atomic E-state index is 12.4. The molecule has 152 valence electrons. The molecule has 1 aliphatic heterocycles. The van der Waals surface area contributed by atoms with Crippen LogP contribution in [0.1, 0.15) is 5.56 Å². The molecule has 2 aromatic rings. The lowest BCUT2D eigenvalue weighted by Gasteiger charge is -2.34. The largest absolute Gasteiger partial charge is 0.477 e. The van der Waals surface area contributed by atoms with Crippen LogP contribution in [0.5, 0.6) is 5.75 Å². The minimum atomic E-state index is -0.549. The van der Waals surface area contributed by atoms with Gasteiger partial charge in [-0.15, -0.1) is 0 Å². The van der Waals surface area contributed by atoms with Crippen LogP contribution < -0.4 is 4.74 Å². The molecule has 1 fully saturated rings. The van der Waals surface area contributed by atoms with Crippen molar-refractivity contribution < 1.29 is 19.4 Å². The van der Waals surface area contributed by atoms with Gasteiger partial charge in [-0.05, 0) is 11.6 Å². The van der Waals surface area contributed by atoms with E-state index in [-0.39, 0.29) is 29.6 Å². The first-order valence-electron chi connectivity index (χ1n) is 9.04. The van der Waals surface area contributed by atoms with Crippen LogP contribution >= 0.6 is 0 Å². The van der Waals surface area contributed by atoms with Crippen LogP contribution in [-0.2, 0) is 11.3 Å². The lowest BCUT2D eigenvalue weighted by molar-refractivity contribution is -0.385. The van der Waals surface area contributed by atoms with Gasteiger partial charge in [0, 0.05) is 50.9 Å². The maximum atomic E-state index is 12.4. The molecular formula is C19H20N4O6. The van der Waals surface area contributed by atoms with Crippen molar-refractivity contribution in [2.24, 2.45) is 0 Å². The van der Waals surface area contributed by atoms with Crippen molar-refractivity contribution in [1.29, 1.82) is 0 Å². The van der Waals surface area contributed by atoms with Crippen molar-refractivity contribution in [2.75, 3.05) is 32.8 Å². The minimum absolute atomic E-state index is 0.0588. The number of carbonyl (C=O) groups excluding carboxylic acids is 1. The monoisotopic (exact) mass is 400 g/mol. The predicted octanol–water partition coefficient (Wildman–Crippen LogP) is 2.23. The summed E-state index contributed by atoms with van der Waals surface area (Å²) in [6.45, 7) is 2.54. The number of nitrogens with zero attached hydrogens (tertiary/aromatic N) is 4. The number of hydrogen-bond acceptors (Lipinski definition) is 7. The first-order chi connectivity index (χ1) is 13.9. The molecule has 0 unspecified atom stereocenters. The summed E-state index contributed by atoms with van der Waals surface area (Å²) >= 11 is 0. The Hall–Kier alpha value is -3.53. The van der Waals surface area contributed by atoms with Gasteiger partial charge in [0.2, 0.25) is 0 Å². The van der Waals surface area contributed by atoms with Crippen molar-refractivity contribution in [3.63, 3.8) is 0 Å². The zero-order valence-electron chi connectivity index (χ0n) is 15.6. The van der Waals surface area contributed by atoms with E-state index in [2.05, 4.69) is 4.90 Å². The minimum Gasteiger partial charge on any atom is -0.477 e. The molecule has 2 aromatic carbocycles. The molecule has 0 aromatic heterocycles. The Bertz CT molecular complexity index is 911. The lowest BCUT2D eigenvalue weighted by atomic mass is 10.1. The average molecular weight is 400 g/mol. The van der Waals surface area contributed by atoms with E-state index in [4.69, 9.17) is 4.74 Å². The van der Waals surface area contributed by atoms with E-state index >= 15 is 0 Å². The highest BCUT2D eigenvalue weighted by Crippen LogP contribution is 2.25. The third-order valence-electron chi connectivity index (χ3n) is 4.67. The average Bonchev–Trinajstić information content (AvgIpc) is 2.73. The third kappa shape index (κ3) is 5.26. The summed E-state index contributed by atoms with van der Waals surface area (Å²) in [5.74, 6) is -0.173. The smallest absolute Gasteiger partial charge is 0.310 e. The number of amides is 1. The molecule has 0 bridgehead atoms. The summed E-state index contributed by atoms with van der Waals surface area (Å²) in [4.78, 5) is 37.1. The molecule has 0 aliphatic carbocycles. The summed E-state index contributed by atoms with van der Waals surface area (Å²) < 4.78 is 5.36. The lowest BCUT2D eigenvalue weighted by Crippen LogP contribution is -2.49. The Balaban J connectivity index is 1.49. The van der Waals surface area contributed by atoms with E-state index in [0.29, 0.717) is 32.7 Å². The van der Waals surface area contributed by atoms with Crippen LogP contribution in [0.15, 0.2) is 48.5 Å². The molecule has 1 saturated heterocycles. The summed E-state index contributed by atoms with van der Waals surface area (Å²) in [5.41, 5.74) is 0.726. The Morgan fingerprint density at radius 1 is 0.966 bits per heavy atom. The fourth-order valence-electron chi connectivity index (χ4n) is 3.14. The topological polar surface area (TPSA) is 119 Å². The Morgan fingerprint density at radius 3 is 2.38 bits per heavy atom. The van der Waals surface area contributed by atoms with Crippen LogP contribution in [0.4, 0.5) is 11.4 Å². The molecule has 3 rings (SSSR count). The van der Waals surface area contributed by atoms with Crippen LogP contribution in [0.2, 0.25) is 0 Å². The second kappa shape index (κ2) is 9.11. The van der Waals surface area contributed by atoms with Crippen molar-refractivity contribution in [1.82, 2.24) is 9.80 Å². The number of hydrogen-bond donors (Lipinski definition) is 0. The summed E-state index contributed by atoms with van der Waals surface area (Å²) in [6, 6.07) is 12.4. The number of piperazine rings is 1. The van der Waals surface area contributed by atoms with Gasteiger partial charge in [0.15, 0.2) is 12.4 Å². The number of para-hydroxylation sites is 2. The molecule has 0 saturated carbocycles. The summed E-state index contributed by atoms with van der Waals surface area (Å²) in [6.07, 6.45) is 0. The van der Waals surface area contributed by atoms with E-state index in [1.54, 1.807) is 23.1 Å². The highest BCUT2D eigenvalue weighted by Gasteiger charge is 2.23. The van der Waals surface area contributed by atoms with Crippen molar-refractivity contribution in [2.45, 2.75) is 6.54 Å². The van der Waals surface area contributed by atoms with Crippen LogP contribution in [0.25, 0.3) is 0 Å². The molecule has 1 aliphatic rings. The number of nitro groups is 2. The number of nitro benzene ring substituents is 2. The molecule has 29 heavy (non-hydrogen) atoms. The molecule has 1 heterocycles. The van der Waals surface area contributed by atoms with Gasteiger partial charge in [-0.3, -0.25) is 29.9 Å². The second-order valence-corrected chi connectivity index (χ2v) is 6.60.